The Balaban J connectivity index is 2.23. The molecule has 0 aliphatic rings. The van der Waals surface area contributed by atoms with Crippen LogP contribution in [0.4, 0.5) is 5.88 Å². The number of carbonyl (C=O) groups is 1. The van der Waals surface area contributed by atoms with E-state index < -0.39 is 10.9 Å². The molecule has 10 nitrogen and oxygen atoms in total. The van der Waals surface area contributed by atoms with Crippen LogP contribution in [0.15, 0.2) is 16.5 Å². The van der Waals surface area contributed by atoms with Crippen LogP contribution in [0.25, 0.3) is 0 Å². The molecule has 2 heterocycles. The number of nitrogens with two attached hydrogens (primary N) is 1. The molecule has 112 valence electrons. The highest BCUT2D eigenvalue weighted by atomic mass is 16.6. The molecule has 0 aromatic carbocycles. The zero-order valence-electron chi connectivity index (χ0n) is 11.2. The first-order valence-corrected chi connectivity index (χ1v) is 6.09. The van der Waals surface area contributed by atoms with E-state index in [1.807, 2.05) is 0 Å². The third-order valence-electron chi connectivity index (χ3n) is 2.63. The van der Waals surface area contributed by atoms with Gasteiger partial charge in [0.15, 0.2) is 5.69 Å². The van der Waals surface area contributed by atoms with Crippen molar-refractivity contribution >= 4 is 11.9 Å². The Labute approximate surface area is 118 Å². The normalized spacial score (nSPS) is 10.6. The lowest BCUT2D eigenvalue weighted by Crippen LogP contribution is -2.14. The van der Waals surface area contributed by atoms with Crippen molar-refractivity contribution in [2.45, 2.75) is 20.0 Å². The fourth-order valence-electron chi connectivity index (χ4n) is 1.72. The summed E-state index contributed by atoms with van der Waals surface area (Å²) in [6.45, 7) is 1.98. The number of carbonyl (C=O) groups excluding carboxylic acids is 1. The van der Waals surface area contributed by atoms with E-state index in [0.29, 0.717) is 11.5 Å². The Morgan fingerprint density at radius 2 is 2.33 bits per heavy atom. The SMILES string of the molecule is CCOC(=O)c1nnn(Cc2ccc([N+](=O)[O-])o2)c1CN. The fraction of sp³-hybridized carbons (Fsp3) is 0.364. The maximum atomic E-state index is 11.7. The lowest BCUT2D eigenvalue weighted by Gasteiger charge is -2.03. The molecule has 0 saturated carbocycles. The van der Waals surface area contributed by atoms with Gasteiger partial charge in [-0.1, -0.05) is 5.21 Å². The van der Waals surface area contributed by atoms with Gasteiger partial charge < -0.3 is 14.9 Å². The van der Waals surface area contributed by atoms with E-state index in [1.54, 1.807) is 6.92 Å². The molecule has 0 spiro atoms. The van der Waals surface area contributed by atoms with Crippen LogP contribution in [-0.2, 0) is 17.8 Å². The number of aromatic nitrogens is 3. The third-order valence-corrected chi connectivity index (χ3v) is 2.63. The van der Waals surface area contributed by atoms with Crippen LogP contribution in [0, 0.1) is 10.1 Å². The van der Waals surface area contributed by atoms with Gasteiger partial charge in [0.2, 0.25) is 0 Å². The molecular formula is C11H13N5O5. The van der Waals surface area contributed by atoms with Crippen LogP contribution < -0.4 is 5.73 Å². The number of hydrogen-bond acceptors (Lipinski definition) is 8. The van der Waals surface area contributed by atoms with Gasteiger partial charge in [-0.15, -0.1) is 5.10 Å². The Hall–Kier alpha value is -2.75. The van der Waals surface area contributed by atoms with E-state index >= 15 is 0 Å². The summed E-state index contributed by atoms with van der Waals surface area (Å²) in [5.74, 6) is -0.684. The van der Waals surface area contributed by atoms with E-state index in [-0.39, 0.29) is 31.3 Å². The van der Waals surface area contributed by atoms with Gasteiger partial charge in [-0.3, -0.25) is 10.1 Å². The minimum atomic E-state index is -0.640. The lowest BCUT2D eigenvalue weighted by molar-refractivity contribution is -0.402. The largest absolute Gasteiger partial charge is 0.461 e. The molecule has 0 aliphatic heterocycles. The summed E-state index contributed by atoms with van der Waals surface area (Å²) in [6.07, 6.45) is 0. The summed E-state index contributed by atoms with van der Waals surface area (Å²) in [4.78, 5) is 21.6. The highest BCUT2D eigenvalue weighted by molar-refractivity contribution is 5.88. The van der Waals surface area contributed by atoms with Crippen molar-refractivity contribution in [2.24, 2.45) is 5.73 Å². The number of esters is 1. The predicted molar refractivity (Wildman–Crippen MR) is 68.3 cm³/mol. The molecule has 0 radical (unpaired) electrons. The Morgan fingerprint density at radius 1 is 1.57 bits per heavy atom. The van der Waals surface area contributed by atoms with Crippen molar-refractivity contribution < 1.29 is 18.9 Å². The van der Waals surface area contributed by atoms with Crippen LogP contribution in [0.1, 0.15) is 28.9 Å². The second-order valence-electron chi connectivity index (χ2n) is 3.96. The van der Waals surface area contributed by atoms with E-state index in [9.17, 15) is 14.9 Å². The monoisotopic (exact) mass is 295 g/mol. The van der Waals surface area contributed by atoms with E-state index in [4.69, 9.17) is 14.9 Å². The molecule has 0 fully saturated rings. The van der Waals surface area contributed by atoms with Crippen molar-refractivity contribution in [3.05, 3.63) is 39.4 Å². The molecular weight excluding hydrogens is 282 g/mol. The molecule has 0 aliphatic carbocycles. The zero-order chi connectivity index (χ0) is 15.4. The van der Waals surface area contributed by atoms with Crippen molar-refractivity contribution in [2.75, 3.05) is 6.61 Å². The maximum absolute atomic E-state index is 11.7. The highest BCUT2D eigenvalue weighted by Crippen LogP contribution is 2.17. The number of furan rings is 1. The van der Waals surface area contributed by atoms with Crippen molar-refractivity contribution in [3.63, 3.8) is 0 Å². The van der Waals surface area contributed by atoms with Gasteiger partial charge in [0.05, 0.1) is 18.4 Å². The molecule has 10 heteroatoms. The number of rotatable bonds is 6. The first kappa shape index (κ1) is 14.7. The molecule has 21 heavy (non-hydrogen) atoms. The molecule has 0 saturated heterocycles. The molecule has 2 N–H and O–H groups in total. The van der Waals surface area contributed by atoms with Gasteiger partial charge in [-0.2, -0.15) is 0 Å². The first-order valence-electron chi connectivity index (χ1n) is 6.09. The summed E-state index contributed by atoms with van der Waals surface area (Å²) in [5.41, 5.74) is 5.99. The van der Waals surface area contributed by atoms with Gasteiger partial charge in [-0.05, 0) is 13.0 Å². The van der Waals surface area contributed by atoms with Crippen LogP contribution in [-0.4, -0.2) is 32.5 Å². The molecule has 0 amide bonds. The van der Waals surface area contributed by atoms with Gasteiger partial charge >= 0.3 is 11.9 Å². The number of nitro groups is 1. The second-order valence-corrected chi connectivity index (χ2v) is 3.96. The highest BCUT2D eigenvalue weighted by Gasteiger charge is 2.21. The molecule has 2 aromatic heterocycles. The van der Waals surface area contributed by atoms with E-state index in [0.717, 1.165) is 0 Å². The number of hydrogen-bond donors (Lipinski definition) is 1. The summed E-state index contributed by atoms with van der Waals surface area (Å²) >= 11 is 0. The Kier molecular flexibility index (Phi) is 4.28. The lowest BCUT2D eigenvalue weighted by atomic mass is 10.3. The first-order chi connectivity index (χ1) is 10.1. The zero-order valence-corrected chi connectivity index (χ0v) is 11.2. The third kappa shape index (κ3) is 3.05. The van der Waals surface area contributed by atoms with Gasteiger partial charge in [0.1, 0.15) is 17.2 Å². The van der Waals surface area contributed by atoms with Gasteiger partial charge in [-0.25, -0.2) is 9.48 Å². The maximum Gasteiger partial charge on any atom is 0.433 e. The average Bonchev–Trinajstić information content (AvgIpc) is 3.06. The summed E-state index contributed by atoms with van der Waals surface area (Å²) in [6, 6.07) is 2.69. The molecule has 0 bridgehead atoms. The quantitative estimate of drug-likeness (QED) is 0.460. The van der Waals surface area contributed by atoms with Crippen molar-refractivity contribution in [3.8, 4) is 0 Å². The van der Waals surface area contributed by atoms with E-state index in [1.165, 1.54) is 16.8 Å². The summed E-state index contributed by atoms with van der Waals surface area (Å²) < 4.78 is 11.2. The smallest absolute Gasteiger partial charge is 0.433 e. The van der Waals surface area contributed by atoms with Crippen LogP contribution in [0.2, 0.25) is 0 Å². The van der Waals surface area contributed by atoms with Crippen LogP contribution >= 0.6 is 0 Å². The van der Waals surface area contributed by atoms with Gasteiger partial charge in [0, 0.05) is 6.54 Å². The standard InChI is InChI=1S/C11H13N5O5/c1-2-20-11(17)10-8(5-12)15(14-13-10)6-7-3-4-9(21-7)16(18)19/h3-4H,2,5-6,12H2,1H3. The topological polar surface area (TPSA) is 139 Å². The molecule has 0 unspecified atom stereocenters. The minimum Gasteiger partial charge on any atom is -0.461 e. The molecule has 0 atom stereocenters. The van der Waals surface area contributed by atoms with Crippen molar-refractivity contribution in [1.82, 2.24) is 15.0 Å². The van der Waals surface area contributed by atoms with Crippen LogP contribution in [0.3, 0.4) is 0 Å². The van der Waals surface area contributed by atoms with Gasteiger partial charge in [0.25, 0.3) is 0 Å². The summed E-state index contributed by atoms with van der Waals surface area (Å²) in [7, 11) is 0. The van der Waals surface area contributed by atoms with Crippen LogP contribution in [0.5, 0.6) is 0 Å². The Bertz CT molecular complexity index is 662. The number of nitrogens with zero attached hydrogens (tertiary/aromatic N) is 4. The second kappa shape index (κ2) is 6.13. The predicted octanol–water partition coefficient (Wildman–Crippen LogP) is 0.463. The Morgan fingerprint density at radius 3 is 2.90 bits per heavy atom. The van der Waals surface area contributed by atoms with Crippen molar-refractivity contribution in [1.29, 1.82) is 0 Å². The molecule has 2 aromatic rings. The van der Waals surface area contributed by atoms with E-state index in [2.05, 4.69) is 10.3 Å². The minimum absolute atomic E-state index is 0.0178. The number of ether oxygens (including phenoxy) is 1. The summed E-state index contributed by atoms with van der Waals surface area (Å²) in [5, 5.41) is 18.1. The fourth-order valence-corrected chi connectivity index (χ4v) is 1.72. The average molecular weight is 295 g/mol. The molecule has 2 rings (SSSR count).